The lowest BCUT2D eigenvalue weighted by atomic mass is 10.2. The van der Waals surface area contributed by atoms with Gasteiger partial charge in [0.2, 0.25) is 0 Å². The number of hydrogen-bond acceptors (Lipinski definition) is 4. The molecule has 3 N–H and O–H groups in total. The largest absolute Gasteiger partial charge is 0.482 e. The zero-order valence-electron chi connectivity index (χ0n) is 9.67. The van der Waals surface area contributed by atoms with Crippen molar-refractivity contribution in [3.8, 4) is 5.75 Å². The van der Waals surface area contributed by atoms with Crippen molar-refractivity contribution >= 4 is 24.0 Å². The quantitative estimate of drug-likeness (QED) is 0.535. The highest BCUT2D eigenvalue weighted by Gasteiger charge is 2.22. The Kier molecular flexibility index (Phi) is 3.46. The predicted octanol–water partition coefficient (Wildman–Crippen LogP) is 0.330. The molecular weight excluding hydrogens is 252 g/mol. The minimum absolute atomic E-state index is 0.157. The van der Waals surface area contributed by atoms with Crippen LogP contribution in [0.5, 0.6) is 5.75 Å². The molecule has 0 aromatic heterocycles. The third-order valence-electron chi connectivity index (χ3n) is 2.27. The summed E-state index contributed by atoms with van der Waals surface area (Å²) in [5.74, 6) is -1.14. The molecule has 0 radical (unpaired) electrons. The van der Waals surface area contributed by atoms with Gasteiger partial charge >= 0.3 is 12.0 Å². The van der Waals surface area contributed by atoms with E-state index in [9.17, 15) is 14.4 Å². The number of carboxylic acid groups (broad SMARTS) is 1. The third kappa shape index (κ3) is 3.32. The summed E-state index contributed by atoms with van der Waals surface area (Å²) < 4.78 is 4.96. The van der Waals surface area contributed by atoms with Gasteiger partial charge in [-0.3, -0.25) is 10.1 Å². The molecule has 7 heteroatoms. The smallest absolute Gasteiger partial charge is 0.341 e. The summed E-state index contributed by atoms with van der Waals surface area (Å²) in [5, 5.41) is 12.9. The minimum Gasteiger partial charge on any atom is -0.482 e. The van der Waals surface area contributed by atoms with Crippen LogP contribution in [-0.2, 0) is 9.59 Å². The van der Waals surface area contributed by atoms with E-state index in [0.717, 1.165) is 0 Å². The van der Waals surface area contributed by atoms with E-state index in [4.69, 9.17) is 9.84 Å². The first-order chi connectivity index (χ1) is 9.04. The topological polar surface area (TPSA) is 105 Å². The van der Waals surface area contributed by atoms with Crippen molar-refractivity contribution in [1.29, 1.82) is 0 Å². The molecule has 1 saturated heterocycles. The summed E-state index contributed by atoms with van der Waals surface area (Å²) in [6, 6.07) is 5.87. The van der Waals surface area contributed by atoms with E-state index in [2.05, 4.69) is 10.6 Å². The lowest BCUT2D eigenvalue weighted by molar-refractivity contribution is -0.139. The van der Waals surface area contributed by atoms with E-state index in [1.807, 2.05) is 0 Å². The molecule has 19 heavy (non-hydrogen) atoms. The molecule has 98 valence electrons. The van der Waals surface area contributed by atoms with Gasteiger partial charge in [-0.2, -0.15) is 0 Å². The molecule has 0 aliphatic carbocycles. The van der Waals surface area contributed by atoms with E-state index in [1.54, 1.807) is 24.3 Å². The first-order valence-corrected chi connectivity index (χ1v) is 5.33. The number of ether oxygens (including phenoxy) is 1. The number of amides is 3. The SMILES string of the molecule is O=C(O)COc1ccc(C=C2NC(=O)NC2=O)cc1. The number of hydrogen-bond donors (Lipinski definition) is 3. The number of carboxylic acids is 1. The molecule has 0 bridgehead atoms. The van der Waals surface area contributed by atoms with Crippen molar-refractivity contribution in [2.45, 2.75) is 0 Å². The molecule has 1 aliphatic rings. The minimum atomic E-state index is -1.06. The van der Waals surface area contributed by atoms with Gasteiger partial charge in [0.25, 0.3) is 5.91 Å². The fraction of sp³-hybridized carbons (Fsp3) is 0.0833. The third-order valence-corrected chi connectivity index (χ3v) is 2.27. The average Bonchev–Trinajstić information content (AvgIpc) is 2.67. The molecule has 0 atom stereocenters. The van der Waals surface area contributed by atoms with Crippen molar-refractivity contribution in [2.75, 3.05) is 6.61 Å². The highest BCUT2D eigenvalue weighted by atomic mass is 16.5. The Hall–Kier alpha value is -2.83. The fourth-order valence-corrected chi connectivity index (χ4v) is 1.45. The van der Waals surface area contributed by atoms with Crippen LogP contribution < -0.4 is 15.4 Å². The Labute approximate surface area is 107 Å². The highest BCUT2D eigenvalue weighted by molar-refractivity contribution is 6.13. The monoisotopic (exact) mass is 262 g/mol. The Balaban J connectivity index is 2.06. The van der Waals surface area contributed by atoms with Crippen LogP contribution in [0.25, 0.3) is 6.08 Å². The first-order valence-electron chi connectivity index (χ1n) is 5.33. The fourth-order valence-electron chi connectivity index (χ4n) is 1.45. The van der Waals surface area contributed by atoms with Crippen LogP contribution in [0.2, 0.25) is 0 Å². The summed E-state index contributed by atoms with van der Waals surface area (Å²) in [5.41, 5.74) is 0.833. The van der Waals surface area contributed by atoms with Crippen molar-refractivity contribution in [1.82, 2.24) is 10.6 Å². The van der Waals surface area contributed by atoms with Crippen molar-refractivity contribution in [3.05, 3.63) is 35.5 Å². The van der Waals surface area contributed by atoms with Crippen molar-refractivity contribution in [2.24, 2.45) is 0 Å². The predicted molar refractivity (Wildman–Crippen MR) is 64.2 cm³/mol. The zero-order chi connectivity index (χ0) is 13.8. The Morgan fingerprint density at radius 3 is 2.42 bits per heavy atom. The lowest BCUT2D eigenvalue weighted by Gasteiger charge is -2.03. The number of carbonyl (C=O) groups excluding carboxylic acids is 2. The van der Waals surface area contributed by atoms with Crippen molar-refractivity contribution < 1.29 is 24.2 Å². The van der Waals surface area contributed by atoms with Gasteiger partial charge in [-0.1, -0.05) is 12.1 Å². The summed E-state index contributed by atoms with van der Waals surface area (Å²) >= 11 is 0. The second kappa shape index (κ2) is 5.21. The summed E-state index contributed by atoms with van der Waals surface area (Å²) in [4.78, 5) is 32.5. The van der Waals surface area contributed by atoms with Gasteiger partial charge in [0.15, 0.2) is 6.61 Å². The molecule has 7 nitrogen and oxygen atoms in total. The molecule has 0 unspecified atom stereocenters. The maximum Gasteiger partial charge on any atom is 0.341 e. The highest BCUT2D eigenvalue weighted by Crippen LogP contribution is 2.14. The molecule has 1 heterocycles. The molecule has 0 saturated carbocycles. The van der Waals surface area contributed by atoms with Crippen LogP contribution in [0.4, 0.5) is 4.79 Å². The van der Waals surface area contributed by atoms with Gasteiger partial charge < -0.3 is 15.2 Å². The molecule has 1 aliphatic heterocycles. The molecular formula is C12H10N2O5. The summed E-state index contributed by atoms with van der Waals surface area (Å²) in [6.07, 6.45) is 1.50. The maximum atomic E-state index is 11.3. The lowest BCUT2D eigenvalue weighted by Crippen LogP contribution is -2.22. The van der Waals surface area contributed by atoms with E-state index < -0.39 is 24.5 Å². The molecule has 0 spiro atoms. The number of aliphatic carboxylic acids is 1. The van der Waals surface area contributed by atoms with Gasteiger partial charge in [-0.25, -0.2) is 9.59 Å². The maximum absolute atomic E-state index is 11.3. The van der Waals surface area contributed by atoms with Crippen LogP contribution in [0.3, 0.4) is 0 Å². The first kappa shape index (κ1) is 12.6. The van der Waals surface area contributed by atoms with Crippen LogP contribution in [-0.4, -0.2) is 29.6 Å². The van der Waals surface area contributed by atoms with Crippen LogP contribution in [0.15, 0.2) is 30.0 Å². The second-order valence-corrected chi connectivity index (χ2v) is 3.72. The van der Waals surface area contributed by atoms with Gasteiger partial charge in [0.05, 0.1) is 0 Å². The van der Waals surface area contributed by atoms with E-state index in [1.165, 1.54) is 6.08 Å². The van der Waals surface area contributed by atoms with E-state index in [-0.39, 0.29) is 5.70 Å². The van der Waals surface area contributed by atoms with E-state index in [0.29, 0.717) is 11.3 Å². The van der Waals surface area contributed by atoms with Crippen LogP contribution in [0.1, 0.15) is 5.56 Å². The number of carbonyl (C=O) groups is 3. The van der Waals surface area contributed by atoms with Crippen LogP contribution in [0, 0.1) is 0 Å². The molecule has 3 amide bonds. The van der Waals surface area contributed by atoms with Crippen LogP contribution >= 0.6 is 0 Å². The van der Waals surface area contributed by atoms with E-state index >= 15 is 0 Å². The molecule has 2 rings (SSSR count). The molecule has 1 aromatic carbocycles. The Morgan fingerprint density at radius 2 is 1.89 bits per heavy atom. The van der Waals surface area contributed by atoms with Gasteiger partial charge in [0.1, 0.15) is 11.4 Å². The van der Waals surface area contributed by atoms with Gasteiger partial charge in [-0.15, -0.1) is 0 Å². The van der Waals surface area contributed by atoms with Gasteiger partial charge in [0, 0.05) is 0 Å². The summed E-state index contributed by atoms with van der Waals surface area (Å²) in [6.45, 7) is -0.418. The van der Waals surface area contributed by atoms with Gasteiger partial charge in [-0.05, 0) is 23.8 Å². The number of benzene rings is 1. The number of urea groups is 1. The molecule has 1 fully saturated rings. The molecule has 1 aromatic rings. The zero-order valence-corrected chi connectivity index (χ0v) is 9.67. The number of imide groups is 1. The standard InChI is InChI=1S/C12H10N2O5/c15-10(16)6-19-8-3-1-7(2-4-8)5-9-11(17)14-12(18)13-9/h1-5H,6H2,(H,15,16)(H2,13,14,17,18). The van der Waals surface area contributed by atoms with Crippen molar-refractivity contribution in [3.63, 3.8) is 0 Å². The average molecular weight is 262 g/mol. The Morgan fingerprint density at radius 1 is 1.21 bits per heavy atom. The Bertz CT molecular complexity index is 562. The number of nitrogens with one attached hydrogen (secondary N) is 2. The number of rotatable bonds is 4. The second-order valence-electron chi connectivity index (χ2n) is 3.72. The summed E-state index contributed by atoms with van der Waals surface area (Å²) in [7, 11) is 0. The normalized spacial score (nSPS) is 16.1.